The molecule has 0 fully saturated rings. The van der Waals surface area contributed by atoms with Crippen molar-refractivity contribution in [1.82, 2.24) is 9.78 Å². The summed E-state index contributed by atoms with van der Waals surface area (Å²) in [5.41, 5.74) is 6.03. The van der Waals surface area contributed by atoms with Crippen LogP contribution in [-0.4, -0.2) is 9.78 Å². The maximum absolute atomic E-state index is 8.13. The second kappa shape index (κ2) is 2.76. The van der Waals surface area contributed by atoms with Crippen LogP contribution in [-0.2, 0) is 7.05 Å². The van der Waals surface area contributed by atoms with Crippen molar-refractivity contribution in [3.63, 3.8) is 0 Å². The zero-order valence-corrected chi connectivity index (χ0v) is 6.00. The predicted molar refractivity (Wildman–Crippen MR) is 40.1 cm³/mol. The zero-order valence-electron chi connectivity index (χ0n) is 6.00. The lowest BCUT2D eigenvalue weighted by Gasteiger charge is -1.80. The van der Waals surface area contributed by atoms with Gasteiger partial charge >= 0.3 is 0 Å². The second-order valence-corrected chi connectivity index (χ2v) is 1.96. The van der Waals surface area contributed by atoms with Crippen molar-refractivity contribution in [2.45, 2.75) is 0 Å². The molecule has 1 heterocycles. The number of aryl methyl sites for hydroxylation is 1. The largest absolute Gasteiger partial charge is 0.381 e. The van der Waals surface area contributed by atoms with E-state index in [-0.39, 0.29) is 0 Å². The van der Waals surface area contributed by atoms with Gasteiger partial charge in [-0.05, 0) is 5.92 Å². The number of hydrogen-bond acceptors (Lipinski definition) is 3. The van der Waals surface area contributed by atoms with Crippen LogP contribution < -0.4 is 5.73 Å². The predicted octanol–water partition coefficient (Wildman–Crippen LogP) is -0.123. The molecule has 54 valence electrons. The minimum Gasteiger partial charge on any atom is -0.381 e. The summed E-state index contributed by atoms with van der Waals surface area (Å²) in [6, 6.07) is 1.70. The maximum atomic E-state index is 8.13. The van der Waals surface area contributed by atoms with Crippen molar-refractivity contribution in [2.75, 3.05) is 5.73 Å². The third-order valence-corrected chi connectivity index (χ3v) is 1.11. The number of nitrogens with zero attached hydrogens (tertiary/aromatic N) is 3. The van der Waals surface area contributed by atoms with Gasteiger partial charge in [-0.3, -0.25) is 4.68 Å². The second-order valence-electron chi connectivity index (χ2n) is 1.96. The van der Waals surface area contributed by atoms with Crippen molar-refractivity contribution in [3.8, 4) is 17.9 Å². The first-order chi connectivity index (χ1) is 5.24. The molecule has 0 aliphatic rings. The number of nitriles is 1. The van der Waals surface area contributed by atoms with Gasteiger partial charge in [0.05, 0.1) is 5.56 Å². The van der Waals surface area contributed by atoms with Gasteiger partial charge in [-0.15, -0.1) is 0 Å². The average Bonchev–Trinajstić information content (AvgIpc) is 2.26. The lowest BCUT2D eigenvalue weighted by molar-refractivity contribution is 0.772. The van der Waals surface area contributed by atoms with Crippen molar-refractivity contribution < 1.29 is 0 Å². The van der Waals surface area contributed by atoms with E-state index in [1.165, 1.54) is 0 Å². The molecule has 0 aromatic carbocycles. The molecule has 0 aliphatic heterocycles. The van der Waals surface area contributed by atoms with E-state index in [1.807, 2.05) is 0 Å². The molecule has 1 rings (SSSR count). The topological polar surface area (TPSA) is 67.6 Å². The van der Waals surface area contributed by atoms with E-state index in [4.69, 9.17) is 11.0 Å². The molecule has 1 aromatic heterocycles. The third kappa shape index (κ3) is 1.50. The molecule has 0 unspecified atom stereocenters. The highest BCUT2D eigenvalue weighted by molar-refractivity contribution is 5.50. The molecule has 0 atom stereocenters. The van der Waals surface area contributed by atoms with Crippen molar-refractivity contribution in [2.24, 2.45) is 7.05 Å². The summed E-state index contributed by atoms with van der Waals surface area (Å²) in [6.45, 7) is 0. The average molecular weight is 146 g/mol. The van der Waals surface area contributed by atoms with Gasteiger partial charge in [0.1, 0.15) is 0 Å². The molecular weight excluding hydrogens is 140 g/mol. The maximum Gasteiger partial charge on any atom is 0.161 e. The van der Waals surface area contributed by atoms with E-state index in [0.29, 0.717) is 11.4 Å². The van der Waals surface area contributed by atoms with Gasteiger partial charge in [-0.1, -0.05) is 0 Å². The summed E-state index contributed by atoms with van der Waals surface area (Å²) < 4.78 is 1.55. The normalized spacial score (nSPS) is 8.00. The molecule has 1 aromatic rings. The summed E-state index contributed by atoms with van der Waals surface area (Å²) in [5, 5.41) is 12.0. The Morgan fingerprint density at radius 3 is 2.91 bits per heavy atom. The highest BCUT2D eigenvalue weighted by atomic mass is 15.3. The fourth-order valence-electron chi connectivity index (χ4n) is 0.697. The van der Waals surface area contributed by atoms with Crippen LogP contribution in [0.5, 0.6) is 0 Å². The van der Waals surface area contributed by atoms with Gasteiger partial charge in [0, 0.05) is 19.2 Å². The zero-order chi connectivity index (χ0) is 8.27. The van der Waals surface area contributed by atoms with Crippen LogP contribution in [0.1, 0.15) is 5.56 Å². The molecular formula is C7H6N4. The van der Waals surface area contributed by atoms with Crippen molar-refractivity contribution >= 4 is 5.82 Å². The van der Waals surface area contributed by atoms with E-state index >= 15 is 0 Å². The standard InChI is InChI=1S/C7H6N4/c1-11-5-6(3-2-4-8)7(9)10-11/h5H,1H3,(H2,9,10). The lowest BCUT2D eigenvalue weighted by atomic mass is 10.3. The van der Waals surface area contributed by atoms with Crippen molar-refractivity contribution in [3.05, 3.63) is 11.8 Å². The Kier molecular flexibility index (Phi) is 1.80. The summed E-state index contributed by atoms with van der Waals surface area (Å²) in [4.78, 5) is 0. The van der Waals surface area contributed by atoms with Gasteiger partial charge < -0.3 is 5.73 Å². The molecule has 2 N–H and O–H groups in total. The van der Waals surface area contributed by atoms with Gasteiger partial charge in [-0.2, -0.15) is 10.4 Å². The molecule has 0 amide bonds. The highest BCUT2D eigenvalue weighted by Gasteiger charge is 1.98. The minimum atomic E-state index is 0.357. The summed E-state index contributed by atoms with van der Waals surface area (Å²) in [5.74, 6) is 5.16. The molecule has 0 aliphatic carbocycles. The number of rotatable bonds is 0. The van der Waals surface area contributed by atoms with Crippen LogP contribution in [0.25, 0.3) is 0 Å². The number of hydrogen-bond donors (Lipinski definition) is 1. The van der Waals surface area contributed by atoms with E-state index < -0.39 is 0 Å². The molecule has 0 spiro atoms. The quantitative estimate of drug-likeness (QED) is 0.519. The van der Waals surface area contributed by atoms with Gasteiger partial charge in [-0.25, -0.2) is 0 Å². The number of nitrogen functional groups attached to an aromatic ring is 1. The van der Waals surface area contributed by atoms with Crippen LogP contribution in [0.4, 0.5) is 5.82 Å². The summed E-state index contributed by atoms with van der Waals surface area (Å²) >= 11 is 0. The molecule has 11 heavy (non-hydrogen) atoms. The summed E-state index contributed by atoms with van der Waals surface area (Å²) in [7, 11) is 1.74. The van der Waals surface area contributed by atoms with Crippen LogP contribution in [0.3, 0.4) is 0 Å². The van der Waals surface area contributed by atoms with Gasteiger partial charge in [0.2, 0.25) is 0 Å². The minimum absolute atomic E-state index is 0.357. The fourth-order valence-corrected chi connectivity index (χ4v) is 0.697. The Bertz CT molecular complexity index is 358. The highest BCUT2D eigenvalue weighted by Crippen LogP contribution is 2.04. The number of nitrogens with two attached hydrogens (primary N) is 1. The smallest absolute Gasteiger partial charge is 0.161 e. The molecule has 0 saturated heterocycles. The van der Waals surface area contributed by atoms with Crippen LogP contribution in [0.15, 0.2) is 6.20 Å². The lowest BCUT2D eigenvalue weighted by Crippen LogP contribution is -1.90. The number of aromatic nitrogens is 2. The van der Waals surface area contributed by atoms with E-state index in [2.05, 4.69) is 16.9 Å². The van der Waals surface area contributed by atoms with Crippen LogP contribution in [0, 0.1) is 23.2 Å². The van der Waals surface area contributed by atoms with Crippen LogP contribution >= 0.6 is 0 Å². The first-order valence-electron chi connectivity index (χ1n) is 2.93. The van der Waals surface area contributed by atoms with E-state index in [9.17, 15) is 0 Å². The van der Waals surface area contributed by atoms with Crippen molar-refractivity contribution in [1.29, 1.82) is 5.26 Å². The van der Waals surface area contributed by atoms with Crippen LogP contribution in [0.2, 0.25) is 0 Å². The molecule has 4 nitrogen and oxygen atoms in total. The van der Waals surface area contributed by atoms with E-state index in [0.717, 1.165) is 0 Å². The molecule has 0 radical (unpaired) electrons. The first-order valence-corrected chi connectivity index (χ1v) is 2.93. The first kappa shape index (κ1) is 7.17. The Morgan fingerprint density at radius 2 is 2.45 bits per heavy atom. The summed E-state index contributed by atoms with van der Waals surface area (Å²) in [6.07, 6.45) is 1.67. The Labute approximate surface area is 64.2 Å². The Hall–Kier alpha value is -1.94. The third-order valence-electron chi connectivity index (χ3n) is 1.11. The molecule has 0 saturated carbocycles. The SMILES string of the molecule is Cn1cc(C#CC#N)c(N)n1. The molecule has 4 heteroatoms. The number of anilines is 1. The molecule has 0 bridgehead atoms. The fraction of sp³-hybridized carbons (Fsp3) is 0.143. The monoisotopic (exact) mass is 146 g/mol. The van der Waals surface area contributed by atoms with Gasteiger partial charge in [0.25, 0.3) is 0 Å². The Morgan fingerprint density at radius 1 is 1.73 bits per heavy atom. The van der Waals surface area contributed by atoms with Gasteiger partial charge in [0.15, 0.2) is 11.9 Å². The Balaban J connectivity index is 3.06. The van der Waals surface area contributed by atoms with E-state index in [1.54, 1.807) is 24.0 Å².